The van der Waals surface area contributed by atoms with E-state index in [1.54, 1.807) is 18.2 Å². The van der Waals surface area contributed by atoms with E-state index in [2.05, 4.69) is 0 Å². The zero-order valence-electron chi connectivity index (χ0n) is 13.3. The molecule has 0 spiro atoms. The van der Waals surface area contributed by atoms with Crippen molar-refractivity contribution < 1.29 is 24.3 Å². The molecule has 0 aromatic heterocycles. The van der Waals surface area contributed by atoms with Gasteiger partial charge in [0.2, 0.25) is 0 Å². The molecule has 1 aromatic carbocycles. The lowest BCUT2D eigenvalue weighted by atomic mass is 9.74. The van der Waals surface area contributed by atoms with Gasteiger partial charge in [0, 0.05) is 16.4 Å². The minimum atomic E-state index is -1.45. The Balaban J connectivity index is 2.45. The summed E-state index contributed by atoms with van der Waals surface area (Å²) in [7, 11) is 1.50. The maximum absolute atomic E-state index is 11.9. The molecule has 2 rings (SSSR count). The highest BCUT2D eigenvalue weighted by Crippen LogP contribution is 2.42. The summed E-state index contributed by atoms with van der Waals surface area (Å²) < 4.78 is 10.9. The number of rotatable bonds is 7. The third-order valence-electron chi connectivity index (χ3n) is 4.45. The number of ether oxygens (including phenoxy) is 2. The smallest absolute Gasteiger partial charge is 0.303 e. The van der Waals surface area contributed by atoms with Crippen LogP contribution >= 0.6 is 0 Å². The Kier molecular flexibility index (Phi) is 5.08. The second-order valence-corrected chi connectivity index (χ2v) is 5.85. The summed E-state index contributed by atoms with van der Waals surface area (Å²) in [5.74, 6) is -0.542. The van der Waals surface area contributed by atoms with Gasteiger partial charge in [0.15, 0.2) is 6.61 Å². The van der Waals surface area contributed by atoms with E-state index in [1.165, 1.54) is 7.11 Å². The molecular weight excluding hydrogens is 302 g/mol. The number of methoxy groups -OCH3 is 1. The number of benzene rings is 1. The van der Waals surface area contributed by atoms with Crippen LogP contribution in [-0.2, 0) is 11.2 Å². The first kappa shape index (κ1) is 17.1. The Hall–Kier alpha value is -2.31. The normalized spacial score (nSPS) is 21.0. The largest absolute Gasteiger partial charge is 0.496 e. The van der Waals surface area contributed by atoms with Crippen molar-refractivity contribution in [2.75, 3.05) is 13.7 Å². The first-order chi connectivity index (χ1) is 10.9. The van der Waals surface area contributed by atoms with E-state index in [0.717, 1.165) is 0 Å². The molecule has 0 aliphatic carbocycles. The van der Waals surface area contributed by atoms with Crippen molar-refractivity contribution in [1.29, 1.82) is 0 Å². The molecule has 7 heteroatoms. The van der Waals surface area contributed by atoms with Crippen molar-refractivity contribution in [2.45, 2.75) is 38.1 Å². The number of carboxylic acids is 1. The van der Waals surface area contributed by atoms with Gasteiger partial charge >= 0.3 is 5.97 Å². The van der Waals surface area contributed by atoms with Crippen LogP contribution in [0.15, 0.2) is 18.2 Å². The van der Waals surface area contributed by atoms with E-state index in [4.69, 9.17) is 14.6 Å². The van der Waals surface area contributed by atoms with E-state index in [9.17, 15) is 14.9 Å². The zero-order valence-corrected chi connectivity index (χ0v) is 13.3. The minimum absolute atomic E-state index is 0.108. The van der Waals surface area contributed by atoms with Gasteiger partial charge in [0.1, 0.15) is 11.5 Å². The van der Waals surface area contributed by atoms with Gasteiger partial charge < -0.3 is 14.6 Å². The summed E-state index contributed by atoms with van der Waals surface area (Å²) in [5.41, 5.74) is -0.819. The Labute approximate surface area is 134 Å². The second kappa shape index (κ2) is 6.85. The van der Waals surface area contributed by atoms with E-state index in [-0.39, 0.29) is 24.4 Å². The number of hydrogen-bond acceptors (Lipinski definition) is 5. The molecule has 0 fully saturated rings. The van der Waals surface area contributed by atoms with Crippen LogP contribution in [-0.4, -0.2) is 35.3 Å². The average molecular weight is 323 g/mol. The van der Waals surface area contributed by atoms with Gasteiger partial charge in [-0.25, -0.2) is 0 Å². The summed E-state index contributed by atoms with van der Waals surface area (Å²) in [4.78, 5) is 22.7. The molecule has 1 heterocycles. The lowest BCUT2D eigenvalue weighted by Gasteiger charge is -2.36. The fourth-order valence-electron chi connectivity index (χ4n) is 3.25. The Morgan fingerprint density at radius 2 is 2.30 bits per heavy atom. The number of hydrogen-bond donors (Lipinski definition) is 1. The maximum Gasteiger partial charge on any atom is 0.303 e. The van der Waals surface area contributed by atoms with Crippen LogP contribution in [0.25, 0.3) is 0 Å². The molecule has 0 saturated carbocycles. The molecule has 1 aliphatic heterocycles. The van der Waals surface area contributed by atoms with Gasteiger partial charge in [-0.2, -0.15) is 0 Å². The number of carboxylic acid groups (broad SMARTS) is 1. The summed E-state index contributed by atoms with van der Waals surface area (Å²) >= 11 is 0. The quantitative estimate of drug-likeness (QED) is 0.611. The van der Waals surface area contributed by atoms with Gasteiger partial charge in [-0.05, 0) is 18.6 Å². The van der Waals surface area contributed by atoms with Gasteiger partial charge in [-0.1, -0.05) is 19.4 Å². The first-order valence-corrected chi connectivity index (χ1v) is 7.59. The SMILES string of the molecule is CCCC(CC(=O)O)C1([N+](=O)[O-])COc2cccc(OC)c2C1. The third-order valence-corrected chi connectivity index (χ3v) is 4.45. The molecule has 0 amide bonds. The van der Waals surface area contributed by atoms with Crippen LogP contribution in [0.2, 0.25) is 0 Å². The molecule has 126 valence electrons. The monoisotopic (exact) mass is 323 g/mol. The van der Waals surface area contributed by atoms with Gasteiger partial charge in [-0.15, -0.1) is 0 Å². The summed E-state index contributed by atoms with van der Waals surface area (Å²) in [6, 6.07) is 5.23. The van der Waals surface area contributed by atoms with Crippen molar-refractivity contribution in [3.63, 3.8) is 0 Å². The highest BCUT2D eigenvalue weighted by atomic mass is 16.6. The number of fused-ring (bicyclic) bond motifs is 1. The Morgan fingerprint density at radius 1 is 1.57 bits per heavy atom. The molecular formula is C16H21NO6. The van der Waals surface area contributed by atoms with Crippen molar-refractivity contribution in [3.05, 3.63) is 33.9 Å². The van der Waals surface area contributed by atoms with Gasteiger partial charge in [-0.3, -0.25) is 14.9 Å². The van der Waals surface area contributed by atoms with Crippen LogP contribution < -0.4 is 9.47 Å². The van der Waals surface area contributed by atoms with Crippen molar-refractivity contribution >= 4 is 5.97 Å². The van der Waals surface area contributed by atoms with Crippen molar-refractivity contribution in [2.24, 2.45) is 5.92 Å². The second-order valence-electron chi connectivity index (χ2n) is 5.85. The lowest BCUT2D eigenvalue weighted by Crippen LogP contribution is -2.54. The third kappa shape index (κ3) is 3.23. The Morgan fingerprint density at radius 3 is 2.87 bits per heavy atom. The molecule has 23 heavy (non-hydrogen) atoms. The van der Waals surface area contributed by atoms with Crippen LogP contribution in [0, 0.1) is 16.0 Å². The molecule has 7 nitrogen and oxygen atoms in total. The fourth-order valence-corrected chi connectivity index (χ4v) is 3.25. The van der Waals surface area contributed by atoms with E-state index in [1.807, 2.05) is 6.92 Å². The highest BCUT2D eigenvalue weighted by molar-refractivity contribution is 5.67. The molecule has 1 N–H and O–H groups in total. The maximum atomic E-state index is 11.9. The molecule has 1 aromatic rings. The topological polar surface area (TPSA) is 98.9 Å². The summed E-state index contributed by atoms with van der Waals surface area (Å²) in [6.07, 6.45) is 0.993. The highest BCUT2D eigenvalue weighted by Gasteiger charge is 2.54. The zero-order chi connectivity index (χ0) is 17.0. The van der Waals surface area contributed by atoms with Crippen LogP contribution in [0.5, 0.6) is 11.5 Å². The predicted octanol–water partition coefficient (Wildman–Crippen LogP) is 2.54. The van der Waals surface area contributed by atoms with Gasteiger partial charge in [0.05, 0.1) is 20.0 Å². The first-order valence-electron chi connectivity index (χ1n) is 7.59. The number of aliphatic carboxylic acids is 1. The molecule has 1 aliphatic rings. The Bertz CT molecular complexity index is 588. The van der Waals surface area contributed by atoms with Crippen molar-refractivity contribution in [3.8, 4) is 11.5 Å². The lowest BCUT2D eigenvalue weighted by molar-refractivity contribution is -0.585. The van der Waals surface area contributed by atoms with Crippen LogP contribution in [0.4, 0.5) is 0 Å². The minimum Gasteiger partial charge on any atom is -0.496 e. The number of nitro groups is 1. The average Bonchev–Trinajstić information content (AvgIpc) is 2.52. The summed E-state index contributed by atoms with van der Waals surface area (Å²) in [5, 5.41) is 21.0. The molecule has 0 saturated heterocycles. The number of nitrogens with zero attached hydrogens (tertiary/aromatic N) is 1. The van der Waals surface area contributed by atoms with Crippen molar-refractivity contribution in [1.82, 2.24) is 0 Å². The van der Waals surface area contributed by atoms with E-state index in [0.29, 0.717) is 29.9 Å². The van der Waals surface area contributed by atoms with E-state index >= 15 is 0 Å². The molecule has 2 unspecified atom stereocenters. The van der Waals surface area contributed by atoms with Crippen LogP contribution in [0.1, 0.15) is 31.7 Å². The van der Waals surface area contributed by atoms with E-state index < -0.39 is 17.4 Å². The fraction of sp³-hybridized carbons (Fsp3) is 0.562. The molecule has 2 atom stereocenters. The predicted molar refractivity (Wildman–Crippen MR) is 82.6 cm³/mol. The van der Waals surface area contributed by atoms with Gasteiger partial charge in [0.25, 0.3) is 5.54 Å². The molecule has 0 bridgehead atoms. The number of carbonyl (C=O) groups is 1. The van der Waals surface area contributed by atoms with Crippen LogP contribution in [0.3, 0.4) is 0 Å². The standard InChI is InChI=1S/C16H21NO6/c1-3-5-11(8-15(18)19)16(17(20)21)9-12-13(22-2)6-4-7-14(12)23-10-16/h4,6-7,11H,3,5,8-10H2,1-2H3,(H,18,19). The molecule has 0 radical (unpaired) electrons. The summed E-state index contributed by atoms with van der Waals surface area (Å²) in [6.45, 7) is 1.76.